The monoisotopic (exact) mass is 709 g/mol. The van der Waals surface area contributed by atoms with Crippen LogP contribution in [-0.4, -0.2) is 7.11 Å². The summed E-state index contributed by atoms with van der Waals surface area (Å²) in [6, 6.07) is 70.3. The second-order valence-electron chi connectivity index (χ2n) is 13.7. The van der Waals surface area contributed by atoms with Gasteiger partial charge in [-0.15, -0.1) is 11.3 Å². The largest absolute Gasteiger partial charge is 0.496 e. The number of rotatable bonds is 7. The highest BCUT2D eigenvalue weighted by Gasteiger charge is 2.16. The molecule has 0 unspecified atom stereocenters. The van der Waals surface area contributed by atoms with Crippen LogP contribution in [0.3, 0.4) is 0 Å². The van der Waals surface area contributed by atoms with E-state index in [0.717, 1.165) is 28.4 Å². The van der Waals surface area contributed by atoms with E-state index in [0.29, 0.717) is 0 Å². The molecule has 10 rings (SSSR count). The molecule has 0 saturated heterocycles. The highest BCUT2D eigenvalue weighted by Crippen LogP contribution is 2.42. The summed E-state index contributed by atoms with van der Waals surface area (Å²) < 4.78 is 8.32. The van der Waals surface area contributed by atoms with Crippen LogP contribution in [0.1, 0.15) is 0 Å². The zero-order valence-corrected chi connectivity index (χ0v) is 30.6. The van der Waals surface area contributed by atoms with Crippen molar-refractivity contribution in [1.29, 1.82) is 0 Å². The van der Waals surface area contributed by atoms with Gasteiger partial charge in [0.15, 0.2) is 0 Å². The molecule has 1 heterocycles. The molecule has 0 fully saturated rings. The number of ether oxygens (including phenoxy) is 1. The van der Waals surface area contributed by atoms with Crippen molar-refractivity contribution in [2.24, 2.45) is 0 Å². The molecule has 0 aliphatic carbocycles. The number of hydrogen-bond acceptors (Lipinski definition) is 3. The summed E-state index contributed by atoms with van der Waals surface area (Å²) in [5.41, 5.74) is 10.4. The summed E-state index contributed by atoms with van der Waals surface area (Å²) in [7, 11) is 1.73. The Labute approximate surface area is 318 Å². The number of benzene rings is 9. The van der Waals surface area contributed by atoms with Crippen LogP contribution in [0, 0.1) is 0 Å². The van der Waals surface area contributed by atoms with E-state index in [1.54, 1.807) is 7.11 Å². The molecule has 2 nitrogen and oxygen atoms in total. The van der Waals surface area contributed by atoms with E-state index in [2.05, 4.69) is 187 Å². The van der Waals surface area contributed by atoms with Crippen molar-refractivity contribution in [2.45, 2.75) is 0 Å². The number of hydrogen-bond donors (Lipinski definition) is 0. The van der Waals surface area contributed by atoms with Gasteiger partial charge in [-0.25, -0.2) is 0 Å². The summed E-state index contributed by atoms with van der Waals surface area (Å²) in [6.45, 7) is 0. The molecule has 0 radical (unpaired) electrons. The molecule has 0 spiro atoms. The van der Waals surface area contributed by atoms with E-state index in [1.165, 1.54) is 69.5 Å². The van der Waals surface area contributed by atoms with Gasteiger partial charge in [0.25, 0.3) is 0 Å². The maximum absolute atomic E-state index is 5.71. The lowest BCUT2D eigenvalue weighted by Gasteiger charge is -2.26. The molecule has 0 saturated carbocycles. The Kier molecular flexibility index (Phi) is 7.93. The van der Waals surface area contributed by atoms with Crippen molar-refractivity contribution < 1.29 is 4.74 Å². The van der Waals surface area contributed by atoms with Crippen LogP contribution < -0.4 is 9.64 Å². The Morgan fingerprint density at radius 1 is 0.370 bits per heavy atom. The summed E-state index contributed by atoms with van der Waals surface area (Å²) in [5, 5.41) is 7.50. The lowest BCUT2D eigenvalue weighted by molar-refractivity contribution is 0.416. The minimum absolute atomic E-state index is 0.878. The molecule has 1 aromatic heterocycles. The average Bonchev–Trinajstić information content (AvgIpc) is 3.62. The standard InChI is InChI=1S/C51H35NOS/c1-53-49-18-6-4-14-46(49)45-17-9-12-38-32-37(24-30-44(38)45)34-20-25-39(26-21-34)52(41-29-31-51-48(33-41)47-15-5-7-19-50(47)54-51)40-27-22-36(23-28-40)43-16-8-11-35-10-2-3-13-42(35)43/h2-33H,1H3. The predicted octanol–water partition coefficient (Wildman–Crippen LogP) is 14.8. The Hall–Kier alpha value is -6.68. The molecular formula is C51H35NOS. The Bertz CT molecular complexity index is 2970. The van der Waals surface area contributed by atoms with Crippen LogP contribution in [-0.2, 0) is 0 Å². The van der Waals surface area contributed by atoms with Crippen molar-refractivity contribution in [3.05, 3.63) is 194 Å². The van der Waals surface area contributed by atoms with Crippen LogP contribution in [0.15, 0.2) is 194 Å². The Morgan fingerprint density at radius 3 is 1.76 bits per heavy atom. The van der Waals surface area contributed by atoms with Crippen molar-refractivity contribution in [3.63, 3.8) is 0 Å². The van der Waals surface area contributed by atoms with Gasteiger partial charge in [0.05, 0.1) is 7.11 Å². The molecule has 3 heteroatoms. The third kappa shape index (κ3) is 5.58. The summed E-state index contributed by atoms with van der Waals surface area (Å²) in [5.74, 6) is 0.878. The first-order valence-electron chi connectivity index (χ1n) is 18.3. The van der Waals surface area contributed by atoms with E-state index < -0.39 is 0 Å². The molecule has 0 amide bonds. The van der Waals surface area contributed by atoms with Crippen molar-refractivity contribution in [1.82, 2.24) is 0 Å². The maximum atomic E-state index is 5.71. The third-order valence-electron chi connectivity index (χ3n) is 10.6. The van der Waals surface area contributed by atoms with E-state index >= 15 is 0 Å². The topological polar surface area (TPSA) is 12.5 Å². The lowest BCUT2D eigenvalue weighted by atomic mass is 9.94. The number of nitrogens with zero attached hydrogens (tertiary/aromatic N) is 1. The van der Waals surface area contributed by atoms with Crippen LogP contribution in [0.25, 0.3) is 75.1 Å². The van der Waals surface area contributed by atoms with Gasteiger partial charge in [-0.2, -0.15) is 0 Å². The molecule has 9 aromatic carbocycles. The number of thiophene rings is 1. The number of fused-ring (bicyclic) bond motifs is 5. The molecule has 10 aromatic rings. The van der Waals surface area contributed by atoms with Gasteiger partial charge in [-0.05, 0) is 110 Å². The number of para-hydroxylation sites is 1. The molecule has 0 bridgehead atoms. The minimum atomic E-state index is 0.878. The molecule has 0 N–H and O–H groups in total. The molecular weight excluding hydrogens is 675 g/mol. The molecule has 54 heavy (non-hydrogen) atoms. The van der Waals surface area contributed by atoms with Crippen molar-refractivity contribution >= 4 is 70.1 Å². The van der Waals surface area contributed by atoms with Crippen LogP contribution in [0.5, 0.6) is 5.75 Å². The maximum Gasteiger partial charge on any atom is 0.126 e. The normalized spacial score (nSPS) is 11.4. The van der Waals surface area contributed by atoms with Gasteiger partial charge in [-0.3, -0.25) is 0 Å². The van der Waals surface area contributed by atoms with Gasteiger partial charge < -0.3 is 9.64 Å². The predicted molar refractivity (Wildman–Crippen MR) is 232 cm³/mol. The molecule has 0 aliphatic heterocycles. The Balaban J connectivity index is 1.05. The van der Waals surface area contributed by atoms with E-state index in [1.807, 2.05) is 23.5 Å². The van der Waals surface area contributed by atoms with Gasteiger partial charge in [0, 0.05) is 42.8 Å². The summed E-state index contributed by atoms with van der Waals surface area (Å²) >= 11 is 1.85. The van der Waals surface area contributed by atoms with E-state index in [-0.39, 0.29) is 0 Å². The van der Waals surface area contributed by atoms with Gasteiger partial charge >= 0.3 is 0 Å². The lowest BCUT2D eigenvalue weighted by Crippen LogP contribution is -2.09. The fraction of sp³-hybridized carbons (Fsp3) is 0.0196. The first kappa shape index (κ1) is 32.0. The minimum Gasteiger partial charge on any atom is -0.496 e. The quantitative estimate of drug-likeness (QED) is 0.163. The second kappa shape index (κ2) is 13.4. The number of anilines is 3. The van der Waals surface area contributed by atoms with Gasteiger partial charge in [0.2, 0.25) is 0 Å². The first-order valence-corrected chi connectivity index (χ1v) is 19.1. The fourth-order valence-electron chi connectivity index (χ4n) is 7.94. The van der Waals surface area contributed by atoms with Crippen molar-refractivity contribution in [3.8, 4) is 39.1 Å². The first-order chi connectivity index (χ1) is 26.7. The summed E-state index contributed by atoms with van der Waals surface area (Å²) in [6.07, 6.45) is 0. The number of methoxy groups -OCH3 is 1. The van der Waals surface area contributed by atoms with Gasteiger partial charge in [-0.1, -0.05) is 133 Å². The van der Waals surface area contributed by atoms with E-state index in [4.69, 9.17) is 4.74 Å². The zero-order valence-electron chi connectivity index (χ0n) is 29.7. The van der Waals surface area contributed by atoms with Crippen LogP contribution >= 0.6 is 11.3 Å². The fourth-order valence-corrected chi connectivity index (χ4v) is 9.02. The highest BCUT2D eigenvalue weighted by atomic mass is 32.1. The SMILES string of the molecule is COc1ccccc1-c1cccc2cc(-c3ccc(N(c4ccc(-c5cccc6ccccc56)cc4)c4ccc5sc6ccccc6c5c4)cc3)ccc12. The van der Waals surface area contributed by atoms with Crippen LogP contribution in [0.4, 0.5) is 17.1 Å². The molecule has 256 valence electrons. The summed E-state index contributed by atoms with van der Waals surface area (Å²) in [4.78, 5) is 2.38. The second-order valence-corrected chi connectivity index (χ2v) is 14.8. The Morgan fingerprint density at radius 2 is 0.944 bits per heavy atom. The van der Waals surface area contributed by atoms with Crippen LogP contribution in [0.2, 0.25) is 0 Å². The third-order valence-corrected chi connectivity index (χ3v) is 11.7. The van der Waals surface area contributed by atoms with Crippen molar-refractivity contribution in [2.75, 3.05) is 12.0 Å². The van der Waals surface area contributed by atoms with E-state index in [9.17, 15) is 0 Å². The molecule has 0 aliphatic rings. The van der Waals surface area contributed by atoms with Gasteiger partial charge in [0.1, 0.15) is 5.75 Å². The smallest absolute Gasteiger partial charge is 0.126 e. The zero-order chi connectivity index (χ0) is 36.0. The highest BCUT2D eigenvalue weighted by molar-refractivity contribution is 7.25. The molecule has 0 atom stereocenters. The average molecular weight is 710 g/mol.